The Morgan fingerprint density at radius 2 is 1.88 bits per heavy atom. The van der Waals surface area contributed by atoms with Crippen molar-refractivity contribution in [3.05, 3.63) is 29.8 Å². The summed E-state index contributed by atoms with van der Waals surface area (Å²) in [6.45, 7) is 0.906. The van der Waals surface area contributed by atoms with Crippen LogP contribution >= 0.6 is 0 Å². The molecule has 172 valence electrons. The molecule has 0 spiro atoms. The van der Waals surface area contributed by atoms with Crippen LogP contribution in [0.4, 0.5) is 8.78 Å². The highest BCUT2D eigenvalue weighted by Crippen LogP contribution is 2.42. The Hall–Kier alpha value is -2.54. The number of rotatable bonds is 5. The van der Waals surface area contributed by atoms with Gasteiger partial charge in [0.2, 0.25) is 11.8 Å². The molecule has 0 aromatic heterocycles. The molecule has 1 N–H and O–H groups in total. The number of aryl methyl sites for hydroxylation is 1. The molecule has 0 unspecified atom stereocenters. The van der Waals surface area contributed by atoms with Crippen molar-refractivity contribution < 1.29 is 26.8 Å². The number of halogens is 2. The van der Waals surface area contributed by atoms with E-state index in [1.165, 1.54) is 12.1 Å². The summed E-state index contributed by atoms with van der Waals surface area (Å²) in [5.74, 6) is -6.19. The van der Waals surface area contributed by atoms with Crippen LogP contribution in [0.2, 0.25) is 0 Å². The Morgan fingerprint density at radius 3 is 2.44 bits per heavy atom. The number of sulfone groups is 1. The van der Waals surface area contributed by atoms with Gasteiger partial charge in [0.25, 0.3) is 5.92 Å². The lowest BCUT2D eigenvalue weighted by Gasteiger charge is -2.24. The van der Waals surface area contributed by atoms with Gasteiger partial charge in [-0.05, 0) is 50.3 Å². The fraction of sp³-hybridized carbons (Fsp3) is 0.591. The maximum atomic E-state index is 13.7. The number of nitrogens with one attached hydrogen (secondary N) is 1. The van der Waals surface area contributed by atoms with E-state index in [1.807, 2.05) is 6.07 Å². The molecule has 2 aliphatic carbocycles. The van der Waals surface area contributed by atoms with E-state index in [4.69, 9.17) is 0 Å². The molecule has 2 saturated carbocycles. The molecule has 3 atom stereocenters. The molecule has 1 heterocycles. The lowest BCUT2D eigenvalue weighted by Crippen LogP contribution is -2.45. The van der Waals surface area contributed by atoms with Crippen LogP contribution in [-0.2, 0) is 19.4 Å². The topological polar surface area (TPSA) is 107 Å². The van der Waals surface area contributed by atoms with Gasteiger partial charge in [-0.15, -0.1) is 0 Å². The summed E-state index contributed by atoms with van der Waals surface area (Å²) in [5, 5.41) is 11.0. The third-order valence-electron chi connectivity index (χ3n) is 6.74. The summed E-state index contributed by atoms with van der Waals surface area (Å²) in [6, 6.07) is 8.45. The quantitative estimate of drug-likeness (QED) is 0.718. The normalized spacial score (nSPS) is 28.2. The SMILES string of the molecule is Cc1cccc(S(=O)(=O)[C@@H]2C[C@@H](C(=O)NC3(C#N)CC3)[C@H](C(=O)N3CCC(F)(F)C3)C2)c1. The molecule has 0 bridgehead atoms. The lowest BCUT2D eigenvalue weighted by atomic mass is 9.93. The number of likely N-dealkylation sites (tertiary alicyclic amines) is 1. The summed E-state index contributed by atoms with van der Waals surface area (Å²) < 4.78 is 53.9. The van der Waals surface area contributed by atoms with Crippen LogP contribution in [0.1, 0.15) is 37.7 Å². The zero-order valence-electron chi connectivity index (χ0n) is 17.7. The van der Waals surface area contributed by atoms with E-state index < -0.39 is 63.2 Å². The fourth-order valence-electron chi connectivity index (χ4n) is 4.67. The first kappa shape index (κ1) is 22.6. The third kappa shape index (κ3) is 4.22. The van der Waals surface area contributed by atoms with Crippen molar-refractivity contribution in [2.45, 2.75) is 60.6 Å². The van der Waals surface area contributed by atoms with Crippen LogP contribution in [0.5, 0.6) is 0 Å². The Labute approximate surface area is 185 Å². The van der Waals surface area contributed by atoms with Gasteiger partial charge in [0, 0.05) is 13.0 Å². The first-order valence-electron chi connectivity index (χ1n) is 10.7. The van der Waals surface area contributed by atoms with Gasteiger partial charge in [-0.3, -0.25) is 9.59 Å². The zero-order valence-corrected chi connectivity index (χ0v) is 18.5. The number of hydrogen-bond donors (Lipinski definition) is 1. The summed E-state index contributed by atoms with van der Waals surface area (Å²) >= 11 is 0. The van der Waals surface area contributed by atoms with E-state index in [0.29, 0.717) is 12.8 Å². The summed E-state index contributed by atoms with van der Waals surface area (Å²) in [6.07, 6.45) is 0.317. The average molecular weight is 466 g/mol. The van der Waals surface area contributed by atoms with Crippen molar-refractivity contribution in [3.8, 4) is 6.07 Å². The number of nitriles is 1. The van der Waals surface area contributed by atoms with Crippen LogP contribution in [0.15, 0.2) is 29.2 Å². The van der Waals surface area contributed by atoms with E-state index in [-0.39, 0.29) is 24.3 Å². The van der Waals surface area contributed by atoms with E-state index in [2.05, 4.69) is 5.32 Å². The van der Waals surface area contributed by atoms with Gasteiger partial charge in [0.1, 0.15) is 5.54 Å². The first-order chi connectivity index (χ1) is 15.0. The Morgan fingerprint density at radius 1 is 1.19 bits per heavy atom. The van der Waals surface area contributed by atoms with Crippen molar-refractivity contribution in [1.82, 2.24) is 10.2 Å². The maximum absolute atomic E-state index is 13.7. The van der Waals surface area contributed by atoms with E-state index in [0.717, 1.165) is 10.5 Å². The molecule has 1 saturated heterocycles. The largest absolute Gasteiger partial charge is 0.338 e. The molecule has 32 heavy (non-hydrogen) atoms. The van der Waals surface area contributed by atoms with Crippen LogP contribution in [0.25, 0.3) is 0 Å². The van der Waals surface area contributed by atoms with Crippen LogP contribution in [-0.4, -0.2) is 54.9 Å². The first-order valence-corrected chi connectivity index (χ1v) is 12.2. The number of carbonyl (C=O) groups is 2. The van der Waals surface area contributed by atoms with E-state index >= 15 is 0 Å². The van der Waals surface area contributed by atoms with Crippen LogP contribution < -0.4 is 5.32 Å². The molecule has 1 aromatic rings. The molecule has 0 radical (unpaired) electrons. The standard InChI is InChI=1S/C22H25F2N3O4S/c1-14-3-2-4-15(9-14)32(30,31)16-10-17(19(28)26-21(12-25)5-6-21)18(11-16)20(29)27-8-7-22(23,24)13-27/h2-4,9,16-18H,5-8,10-11,13H2,1H3,(H,26,28)/t16-,17-,18-/m1/s1. The van der Waals surface area contributed by atoms with Crippen molar-refractivity contribution in [1.29, 1.82) is 5.26 Å². The fourth-order valence-corrected chi connectivity index (χ4v) is 6.59. The minimum atomic E-state index is -3.84. The molecular weight excluding hydrogens is 440 g/mol. The van der Waals surface area contributed by atoms with Gasteiger partial charge >= 0.3 is 0 Å². The van der Waals surface area contributed by atoms with Gasteiger partial charge in [0.15, 0.2) is 9.84 Å². The molecular formula is C22H25F2N3O4S. The smallest absolute Gasteiger partial charge is 0.267 e. The average Bonchev–Trinajstić information content (AvgIpc) is 3.19. The highest BCUT2D eigenvalue weighted by atomic mass is 32.2. The molecule has 1 aliphatic heterocycles. The van der Waals surface area contributed by atoms with Gasteiger partial charge in [-0.2, -0.15) is 5.26 Å². The Bertz CT molecular complexity index is 1090. The predicted octanol–water partition coefficient (Wildman–Crippen LogP) is 2.20. The number of carbonyl (C=O) groups excluding carboxylic acids is 2. The van der Waals surface area contributed by atoms with Crippen molar-refractivity contribution >= 4 is 21.7 Å². The zero-order chi connectivity index (χ0) is 23.3. The minimum absolute atomic E-state index is 0.0930. The molecule has 1 aromatic carbocycles. The second-order valence-corrected chi connectivity index (χ2v) is 11.4. The monoisotopic (exact) mass is 465 g/mol. The molecule has 10 heteroatoms. The highest BCUT2D eigenvalue weighted by molar-refractivity contribution is 7.92. The van der Waals surface area contributed by atoms with Crippen LogP contribution in [0, 0.1) is 30.1 Å². The van der Waals surface area contributed by atoms with Gasteiger partial charge in [0.05, 0.1) is 34.6 Å². The Balaban J connectivity index is 1.61. The highest BCUT2D eigenvalue weighted by Gasteiger charge is 2.53. The van der Waals surface area contributed by atoms with Crippen LogP contribution in [0.3, 0.4) is 0 Å². The molecule has 3 aliphatic rings. The van der Waals surface area contributed by atoms with E-state index in [1.54, 1.807) is 19.1 Å². The lowest BCUT2D eigenvalue weighted by molar-refractivity contribution is -0.141. The third-order valence-corrected chi connectivity index (χ3v) is 8.91. The number of alkyl halides is 2. The van der Waals surface area contributed by atoms with E-state index in [9.17, 15) is 32.0 Å². The maximum Gasteiger partial charge on any atom is 0.267 e. The molecule has 7 nitrogen and oxygen atoms in total. The predicted molar refractivity (Wildman–Crippen MR) is 110 cm³/mol. The number of benzene rings is 1. The Kier molecular flexibility index (Phi) is 5.52. The van der Waals surface area contributed by atoms with Gasteiger partial charge < -0.3 is 10.2 Å². The van der Waals surface area contributed by atoms with Crippen molar-refractivity contribution in [2.24, 2.45) is 11.8 Å². The number of hydrogen-bond acceptors (Lipinski definition) is 5. The van der Waals surface area contributed by atoms with Gasteiger partial charge in [-0.1, -0.05) is 12.1 Å². The second kappa shape index (κ2) is 7.80. The molecule has 2 amide bonds. The van der Waals surface area contributed by atoms with Gasteiger partial charge in [-0.25, -0.2) is 17.2 Å². The van der Waals surface area contributed by atoms with Crippen molar-refractivity contribution in [3.63, 3.8) is 0 Å². The van der Waals surface area contributed by atoms with Crippen molar-refractivity contribution in [2.75, 3.05) is 13.1 Å². The molecule has 3 fully saturated rings. The number of amides is 2. The summed E-state index contributed by atoms with van der Waals surface area (Å²) in [5.41, 5.74) is -0.214. The second-order valence-electron chi connectivity index (χ2n) is 9.22. The summed E-state index contributed by atoms with van der Waals surface area (Å²) in [7, 11) is -3.84. The minimum Gasteiger partial charge on any atom is -0.338 e. The summed E-state index contributed by atoms with van der Waals surface area (Å²) in [4.78, 5) is 27.3. The molecule has 4 rings (SSSR count). The number of nitrogens with zero attached hydrogens (tertiary/aromatic N) is 2.